The number of carbonyl (C=O) groups excluding carboxylic acids is 1. The molecule has 0 aliphatic carbocycles. The number of likely N-dealkylation sites (N-methyl/N-ethyl adjacent to an activating group) is 1. The summed E-state index contributed by atoms with van der Waals surface area (Å²) in [5, 5.41) is 8.73. The van der Waals surface area contributed by atoms with E-state index < -0.39 is 23.8 Å². The van der Waals surface area contributed by atoms with Gasteiger partial charge in [0.25, 0.3) is 0 Å². The van der Waals surface area contributed by atoms with Crippen molar-refractivity contribution >= 4 is 39.7 Å². The lowest BCUT2D eigenvalue weighted by atomic mass is 10.1. The molecule has 0 saturated carbocycles. The van der Waals surface area contributed by atoms with Crippen molar-refractivity contribution in [3.05, 3.63) is 84.2 Å². The minimum atomic E-state index is -0.675. The van der Waals surface area contributed by atoms with Crippen molar-refractivity contribution in [3.8, 4) is 22.7 Å². The van der Waals surface area contributed by atoms with Gasteiger partial charge in [-0.2, -0.15) is 5.10 Å². The lowest BCUT2D eigenvalue weighted by Gasteiger charge is -2.31. The smallest absolute Gasteiger partial charge is 0.245 e. The number of imidazole rings is 1. The van der Waals surface area contributed by atoms with Crippen LogP contribution in [0.4, 0.5) is 20.5 Å². The van der Waals surface area contributed by atoms with Gasteiger partial charge in [-0.1, -0.05) is 6.08 Å². The number of amides is 1. The van der Waals surface area contributed by atoms with Crippen molar-refractivity contribution in [2.45, 2.75) is 51.6 Å². The van der Waals surface area contributed by atoms with Crippen molar-refractivity contribution < 1.29 is 27.8 Å². The summed E-state index contributed by atoms with van der Waals surface area (Å²) < 4.78 is 51.3. The predicted octanol–water partition coefficient (Wildman–Crippen LogP) is 4.61. The molecule has 1 saturated heterocycles. The first-order chi connectivity index (χ1) is 27.2. The van der Waals surface area contributed by atoms with Crippen LogP contribution in [-0.4, -0.2) is 108 Å². The van der Waals surface area contributed by atoms with Crippen LogP contribution < -0.4 is 15.0 Å². The number of nitrogens with one attached hydrogen (secondary N) is 1. The number of halogens is 2. The van der Waals surface area contributed by atoms with Gasteiger partial charge >= 0.3 is 0 Å². The second kappa shape index (κ2) is 14.5. The third-order valence-electron chi connectivity index (χ3n) is 10.3. The van der Waals surface area contributed by atoms with Crippen LogP contribution in [0.2, 0.25) is 0 Å². The van der Waals surface area contributed by atoms with Crippen LogP contribution in [0.15, 0.2) is 60.9 Å². The summed E-state index contributed by atoms with van der Waals surface area (Å²) in [6.07, 6.45) is 6.85. The fraction of sp³-hybridized carbons (Fsp3) is 0.359. The largest absolute Gasteiger partial charge is 0.487 e. The number of aromatic nitrogens is 8. The molecule has 6 bridgehead atoms. The number of fused-ring (bicyclic) bond motifs is 8. The molecule has 3 aliphatic heterocycles. The van der Waals surface area contributed by atoms with E-state index in [-0.39, 0.29) is 44.1 Å². The van der Waals surface area contributed by atoms with E-state index in [2.05, 4.69) is 15.4 Å². The Morgan fingerprint density at radius 3 is 2.75 bits per heavy atom. The van der Waals surface area contributed by atoms with E-state index in [1.165, 1.54) is 24.3 Å². The summed E-state index contributed by atoms with van der Waals surface area (Å²) in [5.74, 6) is 1.14. The summed E-state index contributed by atoms with van der Waals surface area (Å²) in [7, 11) is 1.77. The average molecular weight is 764 g/mol. The van der Waals surface area contributed by atoms with Crippen LogP contribution >= 0.6 is 0 Å². The van der Waals surface area contributed by atoms with Crippen LogP contribution in [0.25, 0.3) is 39.0 Å². The molecule has 56 heavy (non-hydrogen) atoms. The van der Waals surface area contributed by atoms with E-state index >= 15 is 4.39 Å². The topological polar surface area (TPSA) is 150 Å². The molecule has 3 aliphatic rings. The van der Waals surface area contributed by atoms with E-state index in [1.54, 1.807) is 47.2 Å². The van der Waals surface area contributed by atoms with Crippen molar-refractivity contribution in [2.75, 3.05) is 50.2 Å². The van der Waals surface area contributed by atoms with Gasteiger partial charge < -0.3 is 33.9 Å². The molecular weight excluding hydrogens is 724 g/mol. The first kappa shape index (κ1) is 35.6. The minimum Gasteiger partial charge on any atom is -0.487 e. The van der Waals surface area contributed by atoms with Gasteiger partial charge in [0.05, 0.1) is 47.6 Å². The number of carbonyl (C=O) groups is 1. The maximum atomic E-state index is 15.1. The molecule has 288 valence electrons. The summed E-state index contributed by atoms with van der Waals surface area (Å²) in [6, 6.07) is 7.90. The van der Waals surface area contributed by atoms with E-state index in [9.17, 15) is 9.18 Å². The van der Waals surface area contributed by atoms with Crippen molar-refractivity contribution in [2.24, 2.45) is 0 Å². The van der Waals surface area contributed by atoms with Gasteiger partial charge in [-0.15, -0.1) is 0 Å². The number of hydrogen-bond donors (Lipinski definition) is 1. The van der Waals surface area contributed by atoms with Crippen molar-refractivity contribution in [1.82, 2.24) is 44.2 Å². The Labute approximate surface area is 319 Å². The second-order valence-corrected chi connectivity index (χ2v) is 14.1. The Kier molecular flexibility index (Phi) is 9.25. The normalized spacial score (nSPS) is 20.7. The fourth-order valence-corrected chi connectivity index (χ4v) is 7.86. The summed E-state index contributed by atoms with van der Waals surface area (Å²) in [5.41, 5.74) is 3.25. The quantitative estimate of drug-likeness (QED) is 0.251. The first-order valence-corrected chi connectivity index (χ1v) is 18.5. The van der Waals surface area contributed by atoms with Crippen LogP contribution in [-0.2, 0) is 27.4 Å². The lowest BCUT2D eigenvalue weighted by Crippen LogP contribution is -2.47. The van der Waals surface area contributed by atoms with E-state index in [0.717, 1.165) is 5.52 Å². The number of rotatable bonds is 3. The second-order valence-electron chi connectivity index (χ2n) is 14.1. The highest BCUT2D eigenvalue weighted by Crippen LogP contribution is 2.36. The fourth-order valence-electron chi connectivity index (χ4n) is 7.86. The molecule has 1 fully saturated rings. The molecule has 1 N–H and O–H groups in total. The number of anilines is 2. The molecule has 0 radical (unpaired) electrons. The lowest BCUT2D eigenvalue weighted by molar-refractivity contribution is -0.133. The van der Waals surface area contributed by atoms with Crippen LogP contribution in [0.1, 0.15) is 25.0 Å². The molecule has 6 aromatic rings. The zero-order chi connectivity index (χ0) is 38.5. The predicted molar refractivity (Wildman–Crippen MR) is 203 cm³/mol. The zero-order valence-corrected chi connectivity index (χ0v) is 31.0. The molecule has 0 unspecified atom stereocenters. The van der Waals surface area contributed by atoms with Gasteiger partial charge in [-0.05, 0) is 50.6 Å². The number of nitrogens with zero attached hydrogens (tertiary/aromatic N) is 10. The van der Waals surface area contributed by atoms with Gasteiger partial charge in [0, 0.05) is 56.7 Å². The maximum absolute atomic E-state index is 15.1. The van der Waals surface area contributed by atoms with Crippen LogP contribution in [0, 0.1) is 18.6 Å². The van der Waals surface area contributed by atoms with E-state index in [1.807, 2.05) is 29.4 Å². The third-order valence-corrected chi connectivity index (χ3v) is 10.3. The summed E-state index contributed by atoms with van der Waals surface area (Å²) in [4.78, 5) is 42.3. The van der Waals surface area contributed by atoms with Crippen LogP contribution in [0.5, 0.6) is 5.75 Å². The number of hydrogen-bond acceptors (Lipinski definition) is 12. The van der Waals surface area contributed by atoms with Gasteiger partial charge in [0.15, 0.2) is 11.5 Å². The molecule has 0 spiro atoms. The third kappa shape index (κ3) is 6.55. The first-order valence-electron chi connectivity index (χ1n) is 18.5. The standard InChI is InChI=1S/C39H39F2N11O4/c1-4-55-26-19-49(3)38(53)32-16-25(45-39-42-10-9-29(46-39)27-13-24(41)14-30-35(27)50(20-26)22(2)44-30)18-51(32)36-28-17-43-52-31-8-7-23(40)15-33(31)56-12-6-5-11-54-21-34(47-36)48-37(28)52/h5-10,13-15,17,25-26,32H,4,11-12,16,18-21H2,1-3H3,(H,42,45,46)/b6-5+/t25-,26-,32-/m0/s1. The van der Waals surface area contributed by atoms with E-state index in [0.29, 0.717) is 83.0 Å². The van der Waals surface area contributed by atoms with Gasteiger partial charge in [-0.25, -0.2) is 38.4 Å². The number of aryl methyl sites for hydroxylation is 1. The molecule has 1 amide bonds. The molecule has 15 nitrogen and oxygen atoms in total. The van der Waals surface area contributed by atoms with Crippen LogP contribution in [0.3, 0.4) is 0 Å². The highest BCUT2D eigenvalue weighted by atomic mass is 19.1. The molecule has 3 atom stereocenters. The van der Waals surface area contributed by atoms with Gasteiger partial charge in [0.1, 0.15) is 54.0 Å². The Bertz CT molecular complexity index is 2500. The Hall–Kier alpha value is -6.07. The van der Waals surface area contributed by atoms with Crippen molar-refractivity contribution in [1.29, 1.82) is 0 Å². The highest BCUT2D eigenvalue weighted by molar-refractivity contribution is 5.94. The minimum absolute atomic E-state index is 0.0866. The number of benzene rings is 2. The molecular formula is C39H39F2N11O4. The SMILES string of the molecule is CCO[C@H]1CN(C)C(=O)[C@@H]2C[C@@H](CN2c2nc3nc4c2cnn4-c2ccc(F)cc2OC/C=C/COC3)Nc2nccc(n2)-c2cc(F)cc3nc(C)n(c23)C1. The molecule has 2 aromatic carbocycles. The monoisotopic (exact) mass is 763 g/mol. The highest BCUT2D eigenvalue weighted by Gasteiger charge is 2.41. The molecule has 7 heterocycles. The molecule has 4 aromatic heterocycles. The van der Waals surface area contributed by atoms with Gasteiger partial charge in [0.2, 0.25) is 11.9 Å². The van der Waals surface area contributed by atoms with E-state index in [4.69, 9.17) is 34.1 Å². The Balaban J connectivity index is 1.17. The maximum Gasteiger partial charge on any atom is 0.245 e. The molecule has 17 heteroatoms. The van der Waals surface area contributed by atoms with Crippen molar-refractivity contribution in [3.63, 3.8) is 0 Å². The summed E-state index contributed by atoms with van der Waals surface area (Å²) in [6.45, 7) is 5.74. The summed E-state index contributed by atoms with van der Waals surface area (Å²) >= 11 is 0. The zero-order valence-electron chi connectivity index (χ0n) is 31.0. The Morgan fingerprint density at radius 1 is 1.00 bits per heavy atom. The number of ether oxygens (including phenoxy) is 3. The average Bonchev–Trinajstić information content (AvgIpc) is 3.88. The molecule has 9 rings (SSSR count). The van der Waals surface area contributed by atoms with Gasteiger partial charge in [-0.3, -0.25) is 4.79 Å². The Morgan fingerprint density at radius 2 is 1.88 bits per heavy atom.